The fourth-order valence-electron chi connectivity index (χ4n) is 5.21. The van der Waals surface area contributed by atoms with Crippen LogP contribution in [-0.2, 0) is 6.42 Å². The summed E-state index contributed by atoms with van der Waals surface area (Å²) in [6, 6.07) is 7.14. The largest absolute Gasteiger partial charge is 0.454 e. The maximum Gasteiger partial charge on any atom is 0.283 e. The molecule has 0 radical (unpaired) electrons. The highest BCUT2D eigenvalue weighted by Crippen LogP contribution is 2.44. The highest BCUT2D eigenvalue weighted by Gasteiger charge is 2.41. The molecule has 3 aliphatic heterocycles. The van der Waals surface area contributed by atoms with Gasteiger partial charge in [0.2, 0.25) is 6.79 Å². The molecule has 0 unspecified atom stereocenters. The van der Waals surface area contributed by atoms with E-state index in [1.54, 1.807) is 11.1 Å². The SMILES string of the molecule is C[C@@H]1Cc2cc3c(cc2[C@@H](c2ccc(NC4CN(CCCF)C4)cn2)N1CC(F)(F)CO)OCO3. The highest BCUT2D eigenvalue weighted by molar-refractivity contribution is 5.53. The van der Waals surface area contributed by atoms with Crippen molar-refractivity contribution in [2.24, 2.45) is 0 Å². The van der Waals surface area contributed by atoms with Gasteiger partial charge < -0.3 is 19.9 Å². The third-order valence-electron chi connectivity index (χ3n) is 6.99. The first kappa shape index (κ1) is 24.1. The third kappa shape index (κ3) is 5.05. The van der Waals surface area contributed by atoms with Gasteiger partial charge in [0.15, 0.2) is 11.5 Å². The minimum atomic E-state index is -3.24. The maximum atomic E-state index is 14.4. The Hall–Kier alpha value is -2.56. The number of benzene rings is 1. The summed E-state index contributed by atoms with van der Waals surface area (Å²) in [5, 5.41) is 12.7. The summed E-state index contributed by atoms with van der Waals surface area (Å²) in [6.45, 7) is 2.42. The van der Waals surface area contributed by atoms with Gasteiger partial charge in [0.05, 0.1) is 42.9 Å². The van der Waals surface area contributed by atoms with Gasteiger partial charge in [-0.2, -0.15) is 0 Å². The van der Waals surface area contributed by atoms with Gasteiger partial charge in [-0.3, -0.25) is 19.2 Å². The van der Waals surface area contributed by atoms with Crippen molar-refractivity contribution in [3.05, 3.63) is 47.3 Å². The number of halogens is 3. The molecule has 1 aromatic heterocycles. The Morgan fingerprint density at radius 1 is 1.20 bits per heavy atom. The molecular weight excluding hydrogens is 461 g/mol. The number of aliphatic hydroxyl groups excluding tert-OH is 1. The molecule has 2 atom stereocenters. The van der Waals surface area contributed by atoms with E-state index >= 15 is 0 Å². The number of nitrogens with one attached hydrogen (secondary N) is 1. The van der Waals surface area contributed by atoms with E-state index in [0.717, 1.165) is 36.4 Å². The van der Waals surface area contributed by atoms with E-state index in [9.17, 15) is 18.3 Å². The molecule has 2 N–H and O–H groups in total. The van der Waals surface area contributed by atoms with Gasteiger partial charge >= 0.3 is 0 Å². The second kappa shape index (κ2) is 9.83. The number of ether oxygens (including phenoxy) is 2. The van der Waals surface area contributed by atoms with Gasteiger partial charge in [-0.25, -0.2) is 8.78 Å². The molecule has 0 saturated carbocycles. The molecule has 1 saturated heterocycles. The van der Waals surface area contributed by atoms with E-state index < -0.39 is 25.1 Å². The number of nitrogens with zero attached hydrogens (tertiary/aromatic N) is 3. The second-order valence-corrected chi connectivity index (χ2v) is 9.66. The lowest BCUT2D eigenvalue weighted by atomic mass is 9.86. The van der Waals surface area contributed by atoms with Crippen LogP contribution in [0.15, 0.2) is 30.5 Å². The standard InChI is InChI=1S/C25H31F3N4O3/c1-16-7-17-8-22-23(35-15-34-22)9-20(17)24(32(16)13-25(27,28)14-33)21-4-3-18(10-29-21)30-19-11-31(12-19)6-2-5-26/h3-4,8-10,16,19,24,30,33H,2,5-7,11-15H2,1H3/t16-,24+/m1/s1. The van der Waals surface area contributed by atoms with Crippen molar-refractivity contribution in [3.63, 3.8) is 0 Å². The lowest BCUT2D eigenvalue weighted by Crippen LogP contribution is -2.54. The summed E-state index contributed by atoms with van der Waals surface area (Å²) >= 11 is 0. The Bertz CT molecular complexity index is 1030. The van der Waals surface area contributed by atoms with Gasteiger partial charge in [0.1, 0.15) is 6.61 Å². The van der Waals surface area contributed by atoms with Crippen molar-refractivity contribution in [1.29, 1.82) is 0 Å². The summed E-state index contributed by atoms with van der Waals surface area (Å²) in [4.78, 5) is 8.58. The molecule has 35 heavy (non-hydrogen) atoms. The molecule has 0 aliphatic carbocycles. The molecule has 7 nitrogen and oxygen atoms in total. The Balaban J connectivity index is 1.39. The predicted molar refractivity (Wildman–Crippen MR) is 125 cm³/mol. The van der Waals surface area contributed by atoms with Crippen LogP contribution in [0.25, 0.3) is 0 Å². The summed E-state index contributed by atoms with van der Waals surface area (Å²) in [7, 11) is 0. The van der Waals surface area contributed by atoms with Gasteiger partial charge in [0.25, 0.3) is 5.92 Å². The second-order valence-electron chi connectivity index (χ2n) is 9.66. The molecule has 5 rings (SSSR count). The normalized spacial score (nSPS) is 22.7. The number of aliphatic hydroxyl groups is 1. The fourth-order valence-corrected chi connectivity index (χ4v) is 5.21. The molecule has 3 aliphatic rings. The lowest BCUT2D eigenvalue weighted by Gasteiger charge is -2.43. The molecule has 1 fully saturated rings. The average molecular weight is 493 g/mol. The number of hydrogen-bond acceptors (Lipinski definition) is 7. The average Bonchev–Trinajstić information content (AvgIpc) is 3.27. The molecule has 0 amide bonds. The van der Waals surface area contributed by atoms with E-state index in [0.29, 0.717) is 30.0 Å². The molecule has 10 heteroatoms. The van der Waals surface area contributed by atoms with Crippen LogP contribution in [-0.4, -0.2) is 84.1 Å². The number of hydrogen-bond donors (Lipinski definition) is 2. The first-order valence-electron chi connectivity index (χ1n) is 12.0. The summed E-state index contributed by atoms with van der Waals surface area (Å²) in [5.41, 5.74) is 3.37. The van der Waals surface area contributed by atoms with Gasteiger partial charge in [-0.05, 0) is 55.2 Å². The van der Waals surface area contributed by atoms with Crippen LogP contribution >= 0.6 is 0 Å². The van der Waals surface area contributed by atoms with Gasteiger partial charge in [0, 0.05) is 25.7 Å². The van der Waals surface area contributed by atoms with Crippen LogP contribution in [0.3, 0.4) is 0 Å². The zero-order valence-electron chi connectivity index (χ0n) is 19.7. The first-order valence-corrected chi connectivity index (χ1v) is 12.0. The molecule has 190 valence electrons. The maximum absolute atomic E-state index is 14.4. The minimum Gasteiger partial charge on any atom is -0.454 e. The summed E-state index contributed by atoms with van der Waals surface area (Å²) in [6.07, 6.45) is 2.86. The Morgan fingerprint density at radius 3 is 2.66 bits per heavy atom. The molecular formula is C25H31F3N4O3. The molecule has 1 aromatic carbocycles. The van der Waals surface area contributed by atoms with E-state index in [2.05, 4.69) is 15.2 Å². The zero-order chi connectivity index (χ0) is 24.6. The number of pyridine rings is 1. The van der Waals surface area contributed by atoms with Crippen molar-refractivity contribution < 1.29 is 27.8 Å². The molecule has 4 heterocycles. The van der Waals surface area contributed by atoms with E-state index in [1.807, 2.05) is 31.2 Å². The number of fused-ring (bicyclic) bond motifs is 2. The van der Waals surface area contributed by atoms with Crippen LogP contribution in [0.1, 0.15) is 36.2 Å². The highest BCUT2D eigenvalue weighted by atomic mass is 19.3. The monoisotopic (exact) mass is 492 g/mol. The van der Waals surface area contributed by atoms with Crippen LogP contribution in [0.2, 0.25) is 0 Å². The zero-order valence-corrected chi connectivity index (χ0v) is 19.7. The Kier molecular flexibility index (Phi) is 6.78. The third-order valence-corrected chi connectivity index (χ3v) is 6.99. The lowest BCUT2D eigenvalue weighted by molar-refractivity contribution is -0.0865. The Labute approximate surface area is 202 Å². The van der Waals surface area contributed by atoms with Crippen molar-refractivity contribution in [1.82, 2.24) is 14.8 Å². The molecule has 2 aromatic rings. The van der Waals surface area contributed by atoms with Crippen LogP contribution in [0, 0.1) is 0 Å². The quantitative estimate of drug-likeness (QED) is 0.557. The van der Waals surface area contributed by atoms with Crippen molar-refractivity contribution >= 4 is 5.69 Å². The van der Waals surface area contributed by atoms with Gasteiger partial charge in [-0.1, -0.05) is 0 Å². The van der Waals surface area contributed by atoms with Crippen molar-refractivity contribution in [2.45, 2.75) is 43.8 Å². The number of aromatic nitrogens is 1. The topological polar surface area (TPSA) is 70.1 Å². The fraction of sp³-hybridized carbons (Fsp3) is 0.560. The number of anilines is 1. The molecule has 0 bridgehead atoms. The molecule has 0 spiro atoms. The summed E-state index contributed by atoms with van der Waals surface area (Å²) < 4.78 is 52.2. The van der Waals surface area contributed by atoms with E-state index in [4.69, 9.17) is 9.47 Å². The Morgan fingerprint density at radius 2 is 1.97 bits per heavy atom. The minimum absolute atomic E-state index is 0.135. The van der Waals surface area contributed by atoms with Crippen LogP contribution in [0.5, 0.6) is 11.5 Å². The number of alkyl halides is 3. The number of rotatable bonds is 9. The summed E-state index contributed by atoms with van der Waals surface area (Å²) in [5.74, 6) is -1.98. The van der Waals surface area contributed by atoms with E-state index in [-0.39, 0.29) is 25.6 Å². The van der Waals surface area contributed by atoms with Gasteiger partial charge in [-0.15, -0.1) is 0 Å². The van der Waals surface area contributed by atoms with Crippen LogP contribution in [0.4, 0.5) is 18.9 Å². The van der Waals surface area contributed by atoms with Crippen molar-refractivity contribution in [3.8, 4) is 11.5 Å². The van der Waals surface area contributed by atoms with Crippen molar-refractivity contribution in [2.75, 3.05) is 51.6 Å². The van der Waals surface area contributed by atoms with E-state index in [1.165, 1.54) is 0 Å². The van der Waals surface area contributed by atoms with Crippen LogP contribution < -0.4 is 14.8 Å². The first-order chi connectivity index (χ1) is 16.9. The smallest absolute Gasteiger partial charge is 0.283 e. The predicted octanol–water partition coefficient (Wildman–Crippen LogP) is 3.23. The number of likely N-dealkylation sites (tertiary alicyclic amines) is 1.